The summed E-state index contributed by atoms with van der Waals surface area (Å²) in [5, 5.41) is 0. The van der Waals surface area contributed by atoms with Crippen molar-refractivity contribution >= 4 is 76.5 Å². The van der Waals surface area contributed by atoms with Crippen molar-refractivity contribution in [2.75, 3.05) is 0 Å². The molecule has 1 aliphatic heterocycles. The Hall–Kier alpha value is 1.27. The van der Waals surface area contributed by atoms with Crippen LogP contribution in [0.1, 0.15) is 0 Å². The Labute approximate surface area is 146 Å². The second kappa shape index (κ2) is 6.80. The van der Waals surface area contributed by atoms with Gasteiger partial charge in [-0.25, -0.2) is 0 Å². The maximum atomic E-state index is 5.84. The molecule has 0 nitrogen and oxygen atoms in total. The van der Waals surface area contributed by atoms with E-state index in [1.54, 1.807) is 0 Å². The van der Waals surface area contributed by atoms with Gasteiger partial charge in [-0.1, -0.05) is 59.6 Å². The van der Waals surface area contributed by atoms with Crippen LogP contribution in [-0.4, -0.2) is 0 Å². The molecule has 1 aliphatic rings. The van der Waals surface area contributed by atoms with E-state index >= 15 is 0 Å². The molecule has 0 N–H and O–H groups in total. The van der Waals surface area contributed by atoms with E-state index in [4.69, 9.17) is 24.1 Å². The molecule has 0 aliphatic carbocycles. The maximum absolute atomic E-state index is 5.84. The number of hydrogen-bond donors (Lipinski definition) is 1. The van der Waals surface area contributed by atoms with Crippen LogP contribution in [0.4, 0.5) is 0 Å². The van der Waals surface area contributed by atoms with Gasteiger partial charge in [0.05, 0.1) is 16.3 Å². The molecule has 8 heteroatoms. The lowest BCUT2D eigenvalue weighted by molar-refractivity contribution is 1.48. The smallest absolute Gasteiger partial charge is 0.0622 e. The molecule has 0 saturated carbocycles. The average molecular weight is 410 g/mol. The van der Waals surface area contributed by atoms with Crippen molar-refractivity contribution in [2.45, 2.75) is 9.79 Å². The molecule has 20 heavy (non-hydrogen) atoms. The lowest BCUT2D eigenvalue weighted by Crippen LogP contribution is -1.79. The van der Waals surface area contributed by atoms with Gasteiger partial charge in [-0.2, -0.15) is 0 Å². The fourth-order valence-electron chi connectivity index (χ4n) is 1.55. The van der Waals surface area contributed by atoms with E-state index in [0.717, 1.165) is 0 Å². The van der Waals surface area contributed by atoms with Crippen LogP contribution in [0.2, 0.25) is 0 Å². The van der Waals surface area contributed by atoms with Gasteiger partial charge in [0.25, 0.3) is 4.07 Å². The van der Waals surface area contributed by atoms with Crippen molar-refractivity contribution in [3.8, 4) is 0 Å². The van der Waals surface area contributed by atoms with Gasteiger partial charge in [-0.05, 0) is 24.3 Å². The molecule has 1 saturated heterocycles. The summed E-state index contributed by atoms with van der Waals surface area (Å²) in [4.78, 5) is 2.57. The molecular formula is C12H11P2S6+. The zero-order valence-electron chi connectivity index (χ0n) is 10.2. The van der Waals surface area contributed by atoms with Crippen LogP contribution in [0.5, 0.6) is 0 Å². The highest BCUT2D eigenvalue weighted by Crippen LogP contribution is 3.19. The second-order valence-electron chi connectivity index (χ2n) is 3.89. The van der Waals surface area contributed by atoms with Crippen molar-refractivity contribution in [3.63, 3.8) is 0 Å². The van der Waals surface area contributed by atoms with Gasteiger partial charge < -0.3 is 0 Å². The molecule has 2 aromatic rings. The summed E-state index contributed by atoms with van der Waals surface area (Å²) in [6.07, 6.45) is 0. The third kappa shape index (κ3) is 4.17. The van der Waals surface area contributed by atoms with Gasteiger partial charge in [0.2, 0.25) is 0 Å². The number of benzene rings is 2. The third-order valence-electron chi connectivity index (χ3n) is 2.33. The van der Waals surface area contributed by atoms with Crippen molar-refractivity contribution in [1.82, 2.24) is 0 Å². The van der Waals surface area contributed by atoms with E-state index in [-0.39, 0.29) is 0 Å². The fourth-order valence-corrected chi connectivity index (χ4v) is 72.2. The van der Waals surface area contributed by atoms with E-state index < -0.39 is 7.71 Å². The van der Waals surface area contributed by atoms with E-state index in [1.807, 2.05) is 56.9 Å². The Morgan fingerprint density at radius 2 is 1.40 bits per heavy atom. The molecule has 0 spiro atoms. The minimum absolute atomic E-state index is 1.28. The normalized spacial score (nSPS) is 28.9. The van der Waals surface area contributed by atoms with Crippen molar-refractivity contribution < 1.29 is 0 Å². The second-order valence-corrected chi connectivity index (χ2v) is 34.3. The minimum Gasteiger partial charge on any atom is -0.0622 e. The summed E-state index contributed by atoms with van der Waals surface area (Å²) in [7, 11) is 0. The van der Waals surface area contributed by atoms with E-state index in [2.05, 4.69) is 48.5 Å². The quantitative estimate of drug-likeness (QED) is 0.401. The van der Waals surface area contributed by atoms with Crippen LogP contribution < -0.4 is 0 Å². The van der Waals surface area contributed by atoms with E-state index in [9.17, 15) is 0 Å². The summed E-state index contributed by atoms with van der Waals surface area (Å²) in [6.45, 7) is 0. The van der Waals surface area contributed by atoms with Crippen LogP contribution in [0.25, 0.3) is 0 Å². The molecule has 3 rings (SSSR count). The summed E-state index contributed by atoms with van der Waals surface area (Å²) in [5.41, 5.74) is 0. The zero-order chi connectivity index (χ0) is 14.1. The van der Waals surface area contributed by atoms with Crippen LogP contribution in [-0.2, 0) is 11.8 Å². The summed E-state index contributed by atoms with van der Waals surface area (Å²) in [5.74, 6) is 0. The van der Waals surface area contributed by atoms with Crippen molar-refractivity contribution in [3.05, 3.63) is 60.7 Å². The van der Waals surface area contributed by atoms with Crippen molar-refractivity contribution in [1.29, 1.82) is 0 Å². The molecule has 0 unspecified atom stereocenters. The highest BCUT2D eigenvalue weighted by Gasteiger charge is 2.62. The molecule has 2 aromatic carbocycles. The summed E-state index contributed by atoms with van der Waals surface area (Å²) >= 11 is 18.4. The fraction of sp³-hybridized carbons (Fsp3) is 0. The van der Waals surface area contributed by atoms with E-state index in [1.165, 1.54) is 9.79 Å². The van der Waals surface area contributed by atoms with Gasteiger partial charge >= 0.3 is 0 Å². The lowest BCUT2D eigenvalue weighted by Gasteiger charge is -2.32. The molecule has 0 aromatic heterocycles. The first-order valence-electron chi connectivity index (χ1n) is 5.71. The highest BCUT2D eigenvalue weighted by molar-refractivity contribution is 9.70. The number of thiol groups is 1. The Kier molecular flexibility index (Phi) is 5.49. The highest BCUT2D eigenvalue weighted by atomic mass is 34.0. The first kappa shape index (κ1) is 16.1. The number of rotatable bonds is 4. The van der Waals surface area contributed by atoms with Gasteiger partial charge in [0.1, 0.15) is 22.0 Å². The Morgan fingerprint density at radius 3 is 1.95 bits per heavy atom. The van der Waals surface area contributed by atoms with Gasteiger partial charge in [0, 0.05) is 17.1 Å². The molecule has 0 atom stereocenters. The summed E-state index contributed by atoms with van der Waals surface area (Å²) < 4.78 is -2.79. The lowest BCUT2D eigenvalue weighted by atomic mass is 10.4. The topological polar surface area (TPSA) is 0 Å². The largest absolute Gasteiger partial charge is 0.264 e. The van der Waals surface area contributed by atoms with E-state index in [0.29, 0.717) is 0 Å². The predicted octanol–water partition coefficient (Wildman–Crippen LogP) is 7.88. The minimum atomic E-state index is -1.44. The first-order valence-corrected chi connectivity index (χ1v) is 18.3. The van der Waals surface area contributed by atoms with Gasteiger partial charge in [0.15, 0.2) is 3.64 Å². The van der Waals surface area contributed by atoms with Crippen LogP contribution in [0.3, 0.4) is 0 Å². The average Bonchev–Trinajstić information content (AvgIpc) is 2.38. The first-order chi connectivity index (χ1) is 9.57. The Morgan fingerprint density at radius 1 is 0.900 bits per heavy atom. The number of hydrogen-bond acceptors (Lipinski definition) is 6. The van der Waals surface area contributed by atoms with Crippen molar-refractivity contribution in [2.24, 2.45) is 0 Å². The molecule has 0 amide bonds. The molecule has 0 bridgehead atoms. The van der Waals surface area contributed by atoms with Gasteiger partial charge in [-0.3, -0.25) is 0 Å². The Bertz CT molecular complexity index is 623. The van der Waals surface area contributed by atoms with Crippen LogP contribution in [0.15, 0.2) is 70.5 Å². The zero-order valence-corrected chi connectivity index (χ0v) is 16.9. The Balaban J connectivity index is 1.63. The molecule has 1 heterocycles. The predicted molar refractivity (Wildman–Crippen MR) is 110 cm³/mol. The summed E-state index contributed by atoms with van der Waals surface area (Å²) in [6, 6.07) is 21.0. The van der Waals surface area contributed by atoms with Crippen LogP contribution >= 0.6 is 64.7 Å². The molecular weight excluding hydrogens is 398 g/mol. The molecule has 104 valence electrons. The monoisotopic (exact) mass is 409 g/mol. The molecule has 1 fully saturated rings. The SMILES string of the molecule is S=P1(Sc2ccccc2)S[P+](S)(Sc2ccccc2)S1. The molecule has 0 radical (unpaired) electrons. The third-order valence-corrected chi connectivity index (χ3v) is 43.0. The van der Waals surface area contributed by atoms with Gasteiger partial charge in [-0.15, -0.1) is 0 Å². The van der Waals surface area contributed by atoms with Crippen LogP contribution in [0, 0.1) is 0 Å². The standard InChI is InChI=1S/C12H11P2S6/c15-13(17-11-7-3-1-4-8-11)19-14(16,20-13)18-12-9-5-2-6-10-12/h1-10,15H/q+1. The maximum Gasteiger partial charge on any atom is 0.264 e.